The Bertz CT molecular complexity index is 484. The monoisotopic (exact) mass is 216 g/mol. The van der Waals surface area contributed by atoms with Crippen LogP contribution < -0.4 is 0 Å². The van der Waals surface area contributed by atoms with Crippen LogP contribution in [0.15, 0.2) is 48.5 Å². The van der Waals surface area contributed by atoms with E-state index in [-0.39, 0.29) is 0 Å². The van der Waals surface area contributed by atoms with Gasteiger partial charge in [-0.05, 0) is 22.3 Å². The van der Waals surface area contributed by atoms with Crippen molar-refractivity contribution in [1.82, 2.24) is 0 Å². The van der Waals surface area contributed by atoms with Gasteiger partial charge in [-0.3, -0.25) is 0 Å². The molecule has 2 unspecified atom stereocenters. The van der Waals surface area contributed by atoms with E-state index in [0.717, 1.165) is 11.1 Å². The Kier molecular flexibility index (Phi) is 2.03. The molecule has 3 rings (SSSR count). The molecule has 0 nitrogen and oxygen atoms in total. The number of alkyl halides is 2. The Labute approximate surface area is 92.5 Å². The van der Waals surface area contributed by atoms with Crippen molar-refractivity contribution in [3.05, 3.63) is 59.7 Å². The van der Waals surface area contributed by atoms with Crippen LogP contribution in [0.1, 0.15) is 23.5 Å². The highest BCUT2D eigenvalue weighted by atomic mass is 19.2. The molecule has 0 amide bonds. The summed E-state index contributed by atoms with van der Waals surface area (Å²) in [5.41, 5.74) is 2.52. The summed E-state index contributed by atoms with van der Waals surface area (Å²) in [6, 6.07) is 14.2. The highest BCUT2D eigenvalue weighted by Gasteiger charge is 2.33. The second-order valence-corrected chi connectivity index (χ2v) is 3.98. The van der Waals surface area contributed by atoms with Gasteiger partial charge in [0.25, 0.3) is 0 Å². The van der Waals surface area contributed by atoms with Crippen molar-refractivity contribution in [1.29, 1.82) is 0 Å². The maximum absolute atomic E-state index is 13.9. The number of fused-ring (bicyclic) bond motifs is 3. The molecule has 2 heteroatoms. The quantitative estimate of drug-likeness (QED) is 0.612. The van der Waals surface area contributed by atoms with E-state index in [0.29, 0.717) is 11.1 Å². The van der Waals surface area contributed by atoms with E-state index in [4.69, 9.17) is 0 Å². The first-order chi connectivity index (χ1) is 7.79. The molecule has 1 aliphatic rings. The lowest BCUT2D eigenvalue weighted by atomic mass is 9.83. The summed E-state index contributed by atoms with van der Waals surface area (Å²) in [4.78, 5) is 0. The average molecular weight is 216 g/mol. The molecule has 0 N–H and O–H groups in total. The SMILES string of the molecule is FC1c2ccccc2-c2ccccc2C1F. The molecule has 0 fully saturated rings. The first-order valence-electron chi connectivity index (χ1n) is 5.25. The molecule has 0 saturated carbocycles. The van der Waals surface area contributed by atoms with Crippen LogP contribution in [0.4, 0.5) is 8.78 Å². The minimum Gasteiger partial charge on any atom is -0.239 e. The summed E-state index contributed by atoms with van der Waals surface area (Å²) in [5, 5.41) is 0. The third-order valence-electron chi connectivity index (χ3n) is 3.06. The predicted octanol–water partition coefficient (Wildman–Crippen LogP) is 4.39. The van der Waals surface area contributed by atoms with Gasteiger partial charge in [0.05, 0.1) is 0 Å². The van der Waals surface area contributed by atoms with Gasteiger partial charge < -0.3 is 0 Å². The molecule has 1 aliphatic carbocycles. The van der Waals surface area contributed by atoms with Crippen LogP contribution in [0.5, 0.6) is 0 Å². The Morgan fingerprint density at radius 3 is 1.44 bits per heavy atom. The Morgan fingerprint density at radius 1 is 0.625 bits per heavy atom. The van der Waals surface area contributed by atoms with Gasteiger partial charge in [0.2, 0.25) is 0 Å². The number of hydrogen-bond donors (Lipinski definition) is 0. The zero-order chi connectivity index (χ0) is 11.1. The second kappa shape index (κ2) is 3.41. The maximum Gasteiger partial charge on any atom is 0.161 e. The van der Waals surface area contributed by atoms with Crippen molar-refractivity contribution in [2.24, 2.45) is 0 Å². The van der Waals surface area contributed by atoms with E-state index in [1.807, 2.05) is 24.3 Å². The fourth-order valence-electron chi connectivity index (χ4n) is 2.28. The Morgan fingerprint density at radius 2 is 1.00 bits per heavy atom. The minimum atomic E-state index is -1.55. The summed E-state index contributed by atoms with van der Waals surface area (Å²) in [7, 11) is 0. The van der Waals surface area contributed by atoms with E-state index >= 15 is 0 Å². The summed E-state index contributed by atoms with van der Waals surface area (Å²) in [6.45, 7) is 0. The molecule has 0 heterocycles. The molecule has 0 radical (unpaired) electrons. The van der Waals surface area contributed by atoms with E-state index in [1.54, 1.807) is 24.3 Å². The largest absolute Gasteiger partial charge is 0.239 e. The first-order valence-corrected chi connectivity index (χ1v) is 5.25. The van der Waals surface area contributed by atoms with Gasteiger partial charge in [0, 0.05) is 0 Å². The van der Waals surface area contributed by atoms with Crippen LogP contribution in [0, 0.1) is 0 Å². The highest BCUT2D eigenvalue weighted by molar-refractivity contribution is 5.74. The fraction of sp³-hybridized carbons (Fsp3) is 0.143. The summed E-state index contributed by atoms with van der Waals surface area (Å²) < 4.78 is 27.7. The number of hydrogen-bond acceptors (Lipinski definition) is 0. The summed E-state index contributed by atoms with van der Waals surface area (Å²) in [6.07, 6.45) is -3.10. The lowest BCUT2D eigenvalue weighted by molar-refractivity contribution is 0.168. The van der Waals surface area contributed by atoms with Gasteiger partial charge in [-0.15, -0.1) is 0 Å². The zero-order valence-corrected chi connectivity index (χ0v) is 8.53. The lowest BCUT2D eigenvalue weighted by Crippen LogP contribution is -2.10. The molecule has 0 saturated heterocycles. The van der Waals surface area contributed by atoms with Crippen LogP contribution in [-0.4, -0.2) is 0 Å². The van der Waals surface area contributed by atoms with Gasteiger partial charge in [-0.1, -0.05) is 48.5 Å². The molecule has 16 heavy (non-hydrogen) atoms. The number of benzene rings is 2. The summed E-state index contributed by atoms with van der Waals surface area (Å²) in [5.74, 6) is 0. The Balaban J connectivity index is 2.33. The second-order valence-electron chi connectivity index (χ2n) is 3.98. The van der Waals surface area contributed by atoms with E-state index in [2.05, 4.69) is 0 Å². The Hall–Kier alpha value is -1.70. The number of rotatable bonds is 0. The molecule has 2 atom stereocenters. The van der Waals surface area contributed by atoms with Crippen LogP contribution >= 0.6 is 0 Å². The molecular formula is C14H10F2. The molecular weight excluding hydrogens is 206 g/mol. The van der Waals surface area contributed by atoms with Crippen LogP contribution in [0.2, 0.25) is 0 Å². The van der Waals surface area contributed by atoms with E-state index < -0.39 is 12.3 Å². The predicted molar refractivity (Wildman–Crippen MR) is 59.6 cm³/mol. The minimum absolute atomic E-state index is 0.453. The van der Waals surface area contributed by atoms with Crippen molar-refractivity contribution in [2.75, 3.05) is 0 Å². The number of halogens is 2. The highest BCUT2D eigenvalue weighted by Crippen LogP contribution is 2.47. The van der Waals surface area contributed by atoms with Gasteiger partial charge >= 0.3 is 0 Å². The normalized spacial score (nSPS) is 22.4. The van der Waals surface area contributed by atoms with Crippen molar-refractivity contribution in [2.45, 2.75) is 12.3 Å². The van der Waals surface area contributed by atoms with Crippen LogP contribution in [0.25, 0.3) is 11.1 Å². The van der Waals surface area contributed by atoms with Crippen molar-refractivity contribution in [3.63, 3.8) is 0 Å². The molecule has 0 aliphatic heterocycles. The van der Waals surface area contributed by atoms with Crippen LogP contribution in [0.3, 0.4) is 0 Å². The van der Waals surface area contributed by atoms with Crippen molar-refractivity contribution >= 4 is 0 Å². The van der Waals surface area contributed by atoms with Crippen molar-refractivity contribution in [3.8, 4) is 11.1 Å². The average Bonchev–Trinajstić information content (AvgIpc) is 2.36. The van der Waals surface area contributed by atoms with Crippen LogP contribution in [-0.2, 0) is 0 Å². The van der Waals surface area contributed by atoms with Gasteiger partial charge in [-0.25, -0.2) is 8.78 Å². The molecule has 80 valence electrons. The third-order valence-corrected chi connectivity index (χ3v) is 3.06. The zero-order valence-electron chi connectivity index (χ0n) is 8.53. The maximum atomic E-state index is 13.9. The van der Waals surface area contributed by atoms with Gasteiger partial charge in [0.15, 0.2) is 12.3 Å². The molecule has 0 bridgehead atoms. The van der Waals surface area contributed by atoms with E-state index in [9.17, 15) is 8.78 Å². The molecule has 0 spiro atoms. The topological polar surface area (TPSA) is 0 Å². The third kappa shape index (κ3) is 1.19. The van der Waals surface area contributed by atoms with E-state index in [1.165, 1.54) is 0 Å². The van der Waals surface area contributed by atoms with Gasteiger partial charge in [-0.2, -0.15) is 0 Å². The van der Waals surface area contributed by atoms with Gasteiger partial charge in [0.1, 0.15) is 0 Å². The molecule has 2 aromatic carbocycles. The smallest absolute Gasteiger partial charge is 0.161 e. The molecule has 0 aromatic heterocycles. The molecule has 2 aromatic rings. The lowest BCUT2D eigenvalue weighted by Gasteiger charge is -2.25. The fourth-order valence-corrected chi connectivity index (χ4v) is 2.28. The standard InChI is InChI=1S/C14H10F2/c15-13-11-7-3-1-5-9(11)10-6-2-4-8-12(10)14(13)16/h1-8,13-14H. The summed E-state index contributed by atoms with van der Waals surface area (Å²) >= 11 is 0. The van der Waals surface area contributed by atoms with Crippen molar-refractivity contribution < 1.29 is 8.78 Å². The first kappa shape index (κ1) is 9.52.